The third-order valence-corrected chi connectivity index (χ3v) is 7.19. The monoisotopic (exact) mass is 404 g/mol. The zero-order chi connectivity index (χ0) is 21.0. The van der Waals surface area contributed by atoms with Crippen LogP contribution in [0, 0.1) is 0 Å². The fourth-order valence-electron chi connectivity index (χ4n) is 5.51. The Kier molecular flexibility index (Phi) is 10.0. The first kappa shape index (κ1) is 23.1. The number of hydrogen-bond acceptors (Lipinski definition) is 0. The van der Waals surface area contributed by atoms with Gasteiger partial charge in [-0.2, -0.15) is 0 Å². The van der Waals surface area contributed by atoms with E-state index in [1.165, 1.54) is 89.9 Å². The van der Waals surface area contributed by atoms with Gasteiger partial charge in [-0.15, -0.1) is 0 Å². The zero-order valence-corrected chi connectivity index (χ0v) is 19.7. The second-order valence-corrected chi connectivity index (χ2v) is 9.48. The summed E-state index contributed by atoms with van der Waals surface area (Å²) in [5, 5.41) is 0. The van der Waals surface area contributed by atoms with Crippen molar-refractivity contribution >= 4 is 0 Å². The third-order valence-electron chi connectivity index (χ3n) is 7.19. The third kappa shape index (κ3) is 6.22. The van der Waals surface area contributed by atoms with Crippen molar-refractivity contribution in [2.24, 2.45) is 0 Å². The van der Waals surface area contributed by atoms with Crippen molar-refractivity contribution in [3.05, 3.63) is 70.8 Å². The van der Waals surface area contributed by atoms with Crippen LogP contribution in [0.2, 0.25) is 0 Å². The van der Waals surface area contributed by atoms with Gasteiger partial charge in [0.15, 0.2) is 0 Å². The van der Waals surface area contributed by atoms with Gasteiger partial charge >= 0.3 is 0 Å². The van der Waals surface area contributed by atoms with Crippen LogP contribution in [-0.4, -0.2) is 0 Å². The van der Waals surface area contributed by atoms with Gasteiger partial charge in [-0.1, -0.05) is 139 Å². The maximum absolute atomic E-state index is 2.43. The van der Waals surface area contributed by atoms with Crippen LogP contribution >= 0.6 is 0 Å². The van der Waals surface area contributed by atoms with E-state index in [4.69, 9.17) is 0 Å². The summed E-state index contributed by atoms with van der Waals surface area (Å²) in [6.45, 7) is 4.61. The number of hydrogen-bond donors (Lipinski definition) is 0. The van der Waals surface area contributed by atoms with Crippen molar-refractivity contribution in [2.75, 3.05) is 0 Å². The average molecular weight is 405 g/mol. The molecule has 0 N–H and O–H groups in total. The molecule has 0 fully saturated rings. The second-order valence-electron chi connectivity index (χ2n) is 9.48. The molecule has 2 aromatic rings. The van der Waals surface area contributed by atoms with E-state index in [1.54, 1.807) is 22.3 Å². The van der Waals surface area contributed by atoms with Crippen LogP contribution in [0.3, 0.4) is 0 Å². The summed E-state index contributed by atoms with van der Waals surface area (Å²) in [5.41, 5.74) is 6.50. The molecule has 0 amide bonds. The summed E-state index contributed by atoms with van der Waals surface area (Å²) in [5.74, 6) is 1.20. The van der Waals surface area contributed by atoms with Gasteiger partial charge in [0, 0.05) is 11.8 Å². The smallest absolute Gasteiger partial charge is 0.00952 e. The van der Waals surface area contributed by atoms with Gasteiger partial charge < -0.3 is 0 Å². The molecule has 0 bridgehead atoms. The van der Waals surface area contributed by atoms with E-state index in [2.05, 4.69) is 62.4 Å². The molecule has 0 aliphatic heterocycles. The number of benzene rings is 2. The van der Waals surface area contributed by atoms with Crippen LogP contribution in [-0.2, 0) is 0 Å². The summed E-state index contributed by atoms with van der Waals surface area (Å²) < 4.78 is 0. The fourth-order valence-corrected chi connectivity index (χ4v) is 5.51. The summed E-state index contributed by atoms with van der Waals surface area (Å²) in [4.78, 5) is 0. The van der Waals surface area contributed by atoms with Crippen LogP contribution in [0.25, 0.3) is 0 Å². The minimum Gasteiger partial charge on any atom is -0.0654 e. The fraction of sp³-hybridized carbons (Fsp3) is 0.600. The van der Waals surface area contributed by atoms with E-state index in [1.807, 2.05) is 0 Å². The van der Waals surface area contributed by atoms with Crippen LogP contribution < -0.4 is 0 Å². The van der Waals surface area contributed by atoms with Gasteiger partial charge in [-0.25, -0.2) is 0 Å². The van der Waals surface area contributed by atoms with Crippen molar-refractivity contribution in [3.63, 3.8) is 0 Å². The van der Waals surface area contributed by atoms with E-state index in [-0.39, 0.29) is 0 Å². The predicted molar refractivity (Wildman–Crippen MR) is 133 cm³/mol. The lowest BCUT2D eigenvalue weighted by atomic mass is 9.69. The average Bonchev–Trinajstić information content (AvgIpc) is 2.79. The summed E-state index contributed by atoms with van der Waals surface area (Å²) in [7, 11) is 0. The lowest BCUT2D eigenvalue weighted by molar-refractivity contribution is 0.536. The molecule has 0 atom stereocenters. The Hall–Kier alpha value is -1.56. The van der Waals surface area contributed by atoms with Crippen molar-refractivity contribution in [1.29, 1.82) is 0 Å². The SMILES string of the molecule is CCCCCCCCC1c2ccccc2C(CCCCCCCC)c2ccccc21. The first-order valence-electron chi connectivity index (χ1n) is 13.0. The van der Waals surface area contributed by atoms with Crippen molar-refractivity contribution in [2.45, 2.75) is 116 Å². The lowest BCUT2D eigenvalue weighted by Crippen LogP contribution is -2.18. The maximum Gasteiger partial charge on any atom is 0.00952 e. The number of fused-ring (bicyclic) bond motifs is 2. The minimum absolute atomic E-state index is 0.601. The quantitative estimate of drug-likeness (QED) is 0.275. The molecule has 0 saturated heterocycles. The zero-order valence-electron chi connectivity index (χ0n) is 19.7. The predicted octanol–water partition coefficient (Wildman–Crippen LogP) is 9.76. The van der Waals surface area contributed by atoms with Crippen molar-refractivity contribution in [3.8, 4) is 0 Å². The highest BCUT2D eigenvalue weighted by molar-refractivity contribution is 5.52. The van der Waals surface area contributed by atoms with E-state index < -0.39 is 0 Å². The molecule has 1 aliphatic carbocycles. The molecular weight excluding hydrogens is 360 g/mol. The number of rotatable bonds is 14. The molecule has 0 radical (unpaired) electrons. The Bertz CT molecular complexity index is 619. The highest BCUT2D eigenvalue weighted by Crippen LogP contribution is 2.47. The Morgan fingerprint density at radius 3 is 1.07 bits per heavy atom. The van der Waals surface area contributed by atoms with Crippen LogP contribution in [0.4, 0.5) is 0 Å². The normalized spacial score (nSPS) is 17.5. The topological polar surface area (TPSA) is 0 Å². The van der Waals surface area contributed by atoms with Crippen LogP contribution in [0.1, 0.15) is 138 Å². The molecule has 0 saturated carbocycles. The van der Waals surface area contributed by atoms with E-state index in [9.17, 15) is 0 Å². The largest absolute Gasteiger partial charge is 0.0654 e. The van der Waals surface area contributed by atoms with E-state index in [0.29, 0.717) is 11.8 Å². The van der Waals surface area contributed by atoms with Gasteiger partial charge in [0.1, 0.15) is 0 Å². The Morgan fingerprint density at radius 1 is 0.433 bits per heavy atom. The van der Waals surface area contributed by atoms with Gasteiger partial charge in [0.2, 0.25) is 0 Å². The highest BCUT2D eigenvalue weighted by atomic mass is 14.3. The molecular formula is C30H44. The summed E-state index contributed by atoms with van der Waals surface area (Å²) in [6.07, 6.45) is 19.2. The van der Waals surface area contributed by atoms with Gasteiger partial charge in [0.25, 0.3) is 0 Å². The van der Waals surface area contributed by atoms with Gasteiger partial charge in [-0.3, -0.25) is 0 Å². The van der Waals surface area contributed by atoms with Gasteiger partial charge in [-0.05, 0) is 35.1 Å². The molecule has 3 rings (SSSR count). The van der Waals surface area contributed by atoms with Crippen molar-refractivity contribution < 1.29 is 0 Å². The second kappa shape index (κ2) is 13.0. The van der Waals surface area contributed by atoms with E-state index in [0.717, 1.165) is 0 Å². The Morgan fingerprint density at radius 2 is 0.733 bits per heavy atom. The Labute approximate surface area is 186 Å². The minimum atomic E-state index is 0.601. The molecule has 164 valence electrons. The Balaban J connectivity index is 1.68. The molecule has 0 heterocycles. The molecule has 0 unspecified atom stereocenters. The highest BCUT2D eigenvalue weighted by Gasteiger charge is 2.30. The van der Waals surface area contributed by atoms with Gasteiger partial charge in [0.05, 0.1) is 0 Å². The first-order valence-corrected chi connectivity index (χ1v) is 13.0. The molecule has 1 aliphatic rings. The molecule has 30 heavy (non-hydrogen) atoms. The maximum atomic E-state index is 2.43. The molecule has 0 heteroatoms. The van der Waals surface area contributed by atoms with Crippen LogP contribution in [0.5, 0.6) is 0 Å². The van der Waals surface area contributed by atoms with E-state index >= 15 is 0 Å². The first-order chi connectivity index (χ1) is 14.9. The van der Waals surface area contributed by atoms with Crippen molar-refractivity contribution in [1.82, 2.24) is 0 Å². The molecule has 0 nitrogen and oxygen atoms in total. The van der Waals surface area contributed by atoms with Crippen LogP contribution in [0.15, 0.2) is 48.5 Å². The standard InChI is InChI=1S/C30H44/c1-3-5-7-9-11-13-19-25-27-21-15-17-23-29(27)26(20-14-12-10-8-6-4-2)30-24-18-16-22-28(25)30/h15-18,21-26H,3-14,19-20H2,1-2H3. The number of unbranched alkanes of at least 4 members (excludes halogenated alkanes) is 10. The summed E-state index contributed by atoms with van der Waals surface area (Å²) in [6, 6.07) is 18.8. The molecule has 0 spiro atoms. The molecule has 0 aromatic heterocycles. The summed E-state index contributed by atoms with van der Waals surface area (Å²) >= 11 is 0. The molecule has 2 aromatic carbocycles. The lowest BCUT2D eigenvalue weighted by Gasteiger charge is -2.34.